The van der Waals surface area contributed by atoms with Crippen LogP contribution in [0.25, 0.3) is 0 Å². The highest BCUT2D eigenvalue weighted by molar-refractivity contribution is 5.92. The Labute approximate surface area is 143 Å². The van der Waals surface area contributed by atoms with Crippen molar-refractivity contribution < 1.29 is 19.5 Å². The van der Waals surface area contributed by atoms with Gasteiger partial charge in [0.05, 0.1) is 0 Å². The molecule has 2 rings (SSSR count). The van der Waals surface area contributed by atoms with Gasteiger partial charge in [0.2, 0.25) is 11.8 Å². The number of amides is 2. The van der Waals surface area contributed by atoms with E-state index in [1.165, 1.54) is 19.3 Å². The summed E-state index contributed by atoms with van der Waals surface area (Å²) >= 11 is 0. The van der Waals surface area contributed by atoms with E-state index >= 15 is 0 Å². The molecule has 2 amide bonds. The van der Waals surface area contributed by atoms with Gasteiger partial charge in [-0.2, -0.15) is 0 Å². The predicted octanol–water partition coefficient (Wildman–Crippen LogP) is 2.37. The van der Waals surface area contributed by atoms with Crippen molar-refractivity contribution in [1.29, 1.82) is 0 Å². The number of rotatable bonds is 6. The maximum Gasteiger partial charge on any atom is 0.329 e. The lowest BCUT2D eigenvalue weighted by atomic mass is 9.81. The Morgan fingerprint density at radius 2 is 1.62 bits per heavy atom. The van der Waals surface area contributed by atoms with E-state index in [0.717, 1.165) is 32.1 Å². The van der Waals surface area contributed by atoms with Crippen molar-refractivity contribution in [2.75, 3.05) is 0 Å². The fraction of sp³-hybridized carbons (Fsp3) is 0.833. The Morgan fingerprint density at radius 3 is 2.21 bits per heavy atom. The summed E-state index contributed by atoms with van der Waals surface area (Å²) in [5, 5.41) is 14.9. The van der Waals surface area contributed by atoms with Crippen molar-refractivity contribution in [2.24, 2.45) is 5.92 Å². The molecule has 0 spiro atoms. The third-order valence-electron chi connectivity index (χ3n) is 5.45. The van der Waals surface area contributed by atoms with E-state index < -0.39 is 23.5 Å². The zero-order chi connectivity index (χ0) is 17.6. The second kappa shape index (κ2) is 8.49. The van der Waals surface area contributed by atoms with Gasteiger partial charge in [0.1, 0.15) is 11.6 Å². The number of carboxylic acid groups (broad SMARTS) is 1. The van der Waals surface area contributed by atoms with Crippen LogP contribution in [-0.2, 0) is 14.4 Å². The number of nitrogens with one attached hydrogen (secondary N) is 2. The molecular weight excluding hydrogens is 308 g/mol. The Morgan fingerprint density at radius 1 is 1.04 bits per heavy atom. The summed E-state index contributed by atoms with van der Waals surface area (Å²) in [6.07, 6.45) is 9.72. The van der Waals surface area contributed by atoms with Crippen molar-refractivity contribution in [2.45, 2.75) is 89.1 Å². The topological polar surface area (TPSA) is 95.5 Å². The third-order valence-corrected chi connectivity index (χ3v) is 5.45. The van der Waals surface area contributed by atoms with Gasteiger partial charge in [-0.1, -0.05) is 38.5 Å². The first-order valence-corrected chi connectivity index (χ1v) is 9.28. The van der Waals surface area contributed by atoms with Crippen LogP contribution in [0.15, 0.2) is 0 Å². The molecule has 6 nitrogen and oxygen atoms in total. The minimum absolute atomic E-state index is 0.113. The molecular formula is C18H30N2O4. The van der Waals surface area contributed by atoms with E-state index in [1.807, 2.05) is 0 Å². The molecule has 0 aromatic heterocycles. The summed E-state index contributed by atoms with van der Waals surface area (Å²) in [4.78, 5) is 36.1. The van der Waals surface area contributed by atoms with Crippen LogP contribution >= 0.6 is 0 Å². The molecule has 2 fully saturated rings. The molecule has 1 atom stereocenters. The lowest BCUT2D eigenvalue weighted by molar-refractivity contribution is -0.149. The van der Waals surface area contributed by atoms with E-state index in [-0.39, 0.29) is 5.91 Å². The van der Waals surface area contributed by atoms with E-state index in [2.05, 4.69) is 10.6 Å². The third kappa shape index (κ3) is 4.95. The van der Waals surface area contributed by atoms with Crippen molar-refractivity contribution in [3.05, 3.63) is 0 Å². The van der Waals surface area contributed by atoms with Crippen LogP contribution in [0.4, 0.5) is 0 Å². The SMILES string of the molecule is CC(NC(=O)CC1CCCCC1)C(=O)NC1(C(=O)O)CCCCC1. The molecule has 136 valence electrons. The normalized spacial score (nSPS) is 22.4. The van der Waals surface area contributed by atoms with Gasteiger partial charge in [-0.3, -0.25) is 9.59 Å². The lowest BCUT2D eigenvalue weighted by Gasteiger charge is -2.35. The molecule has 0 aromatic rings. The molecule has 0 radical (unpaired) electrons. The van der Waals surface area contributed by atoms with E-state index in [1.54, 1.807) is 6.92 Å². The molecule has 0 saturated heterocycles. The van der Waals surface area contributed by atoms with Gasteiger partial charge in [-0.25, -0.2) is 4.79 Å². The summed E-state index contributed by atoms with van der Waals surface area (Å²) in [5.74, 6) is -1.08. The van der Waals surface area contributed by atoms with Crippen LogP contribution in [0, 0.1) is 5.92 Å². The standard InChI is InChI=1S/C18H30N2O4/c1-13(19-15(21)12-14-8-4-2-5-9-14)16(22)20-18(17(23)24)10-6-3-7-11-18/h13-14H,2-12H2,1H3,(H,19,21)(H,20,22)(H,23,24). The number of hydrogen-bond donors (Lipinski definition) is 3. The average molecular weight is 338 g/mol. The first-order valence-electron chi connectivity index (χ1n) is 9.28. The van der Waals surface area contributed by atoms with E-state index in [4.69, 9.17) is 0 Å². The van der Waals surface area contributed by atoms with Crippen molar-refractivity contribution >= 4 is 17.8 Å². The van der Waals surface area contributed by atoms with Gasteiger partial charge in [-0.05, 0) is 38.5 Å². The van der Waals surface area contributed by atoms with Gasteiger partial charge < -0.3 is 15.7 Å². The minimum Gasteiger partial charge on any atom is -0.480 e. The summed E-state index contributed by atoms with van der Waals surface area (Å²) in [5.41, 5.74) is -1.17. The summed E-state index contributed by atoms with van der Waals surface area (Å²) in [6, 6.07) is -0.709. The van der Waals surface area contributed by atoms with Gasteiger partial charge in [-0.15, -0.1) is 0 Å². The summed E-state index contributed by atoms with van der Waals surface area (Å²) < 4.78 is 0. The first-order chi connectivity index (χ1) is 11.4. The number of aliphatic carboxylic acids is 1. The summed E-state index contributed by atoms with van der Waals surface area (Å²) in [6.45, 7) is 1.62. The van der Waals surface area contributed by atoms with Crippen LogP contribution in [0.3, 0.4) is 0 Å². The van der Waals surface area contributed by atoms with E-state index in [9.17, 15) is 19.5 Å². The molecule has 2 aliphatic carbocycles. The van der Waals surface area contributed by atoms with Gasteiger partial charge in [0.15, 0.2) is 0 Å². The average Bonchev–Trinajstić information content (AvgIpc) is 2.56. The monoisotopic (exact) mass is 338 g/mol. The minimum atomic E-state index is -1.17. The number of carbonyl (C=O) groups is 3. The molecule has 3 N–H and O–H groups in total. The smallest absolute Gasteiger partial charge is 0.329 e. The van der Waals surface area contributed by atoms with Gasteiger partial charge in [0.25, 0.3) is 0 Å². The molecule has 24 heavy (non-hydrogen) atoms. The molecule has 2 aliphatic rings. The maximum atomic E-state index is 12.4. The number of carboxylic acids is 1. The molecule has 0 heterocycles. The highest BCUT2D eigenvalue weighted by atomic mass is 16.4. The zero-order valence-corrected chi connectivity index (χ0v) is 14.6. The first kappa shape index (κ1) is 18.7. The molecule has 6 heteroatoms. The van der Waals surface area contributed by atoms with Crippen molar-refractivity contribution in [3.8, 4) is 0 Å². The van der Waals surface area contributed by atoms with Crippen LogP contribution in [0.2, 0.25) is 0 Å². The number of hydrogen-bond acceptors (Lipinski definition) is 3. The Hall–Kier alpha value is -1.59. The van der Waals surface area contributed by atoms with Crippen LogP contribution in [-0.4, -0.2) is 34.5 Å². The second-order valence-electron chi connectivity index (χ2n) is 7.43. The Bertz CT molecular complexity index is 466. The lowest BCUT2D eigenvalue weighted by Crippen LogP contribution is -2.59. The Balaban J connectivity index is 1.84. The zero-order valence-electron chi connectivity index (χ0n) is 14.6. The molecule has 2 saturated carbocycles. The van der Waals surface area contributed by atoms with Gasteiger partial charge in [0, 0.05) is 6.42 Å². The van der Waals surface area contributed by atoms with Crippen LogP contribution < -0.4 is 10.6 Å². The Kier molecular flexibility index (Phi) is 6.63. The number of carbonyl (C=O) groups excluding carboxylic acids is 2. The fourth-order valence-corrected chi connectivity index (χ4v) is 3.91. The molecule has 1 unspecified atom stereocenters. The molecule has 0 aromatic carbocycles. The largest absolute Gasteiger partial charge is 0.480 e. The second-order valence-corrected chi connectivity index (χ2v) is 7.43. The highest BCUT2D eigenvalue weighted by Gasteiger charge is 2.41. The van der Waals surface area contributed by atoms with Gasteiger partial charge >= 0.3 is 5.97 Å². The molecule has 0 bridgehead atoms. The predicted molar refractivity (Wildman–Crippen MR) is 90.4 cm³/mol. The molecule has 0 aliphatic heterocycles. The highest BCUT2D eigenvalue weighted by Crippen LogP contribution is 2.29. The van der Waals surface area contributed by atoms with E-state index in [0.29, 0.717) is 25.2 Å². The fourth-order valence-electron chi connectivity index (χ4n) is 3.91. The van der Waals surface area contributed by atoms with Crippen molar-refractivity contribution in [3.63, 3.8) is 0 Å². The quantitative estimate of drug-likeness (QED) is 0.693. The van der Waals surface area contributed by atoms with Crippen molar-refractivity contribution in [1.82, 2.24) is 10.6 Å². The van der Waals surface area contributed by atoms with Crippen LogP contribution in [0.1, 0.15) is 77.6 Å². The maximum absolute atomic E-state index is 12.4. The summed E-state index contributed by atoms with van der Waals surface area (Å²) in [7, 11) is 0. The van der Waals surface area contributed by atoms with Crippen LogP contribution in [0.5, 0.6) is 0 Å².